The van der Waals surface area contributed by atoms with E-state index in [0.29, 0.717) is 30.5 Å². The summed E-state index contributed by atoms with van der Waals surface area (Å²) in [6.45, 7) is 4.60. The molecule has 1 aliphatic heterocycles. The van der Waals surface area contributed by atoms with Crippen LogP contribution >= 0.6 is 0 Å². The Bertz CT molecular complexity index is 773. The third-order valence-corrected chi connectivity index (χ3v) is 4.12. The fraction of sp³-hybridized carbons (Fsp3) is 0.412. The van der Waals surface area contributed by atoms with Crippen LogP contribution in [0.15, 0.2) is 28.8 Å². The van der Waals surface area contributed by atoms with Crippen molar-refractivity contribution in [2.75, 3.05) is 18.4 Å². The van der Waals surface area contributed by atoms with E-state index in [1.807, 2.05) is 24.3 Å². The Kier molecular flexibility index (Phi) is 4.97. The zero-order valence-corrected chi connectivity index (χ0v) is 14.3. The number of carbonyl (C=O) groups is 2. The first-order valence-electron chi connectivity index (χ1n) is 8.30. The van der Waals surface area contributed by atoms with Crippen molar-refractivity contribution >= 4 is 17.6 Å². The molecule has 8 nitrogen and oxygen atoms in total. The molecule has 1 unspecified atom stereocenters. The van der Waals surface area contributed by atoms with Gasteiger partial charge in [0, 0.05) is 18.8 Å². The first-order chi connectivity index (χ1) is 12.1. The molecule has 1 atom stereocenters. The largest absolute Gasteiger partial charge is 0.353 e. The van der Waals surface area contributed by atoms with Crippen LogP contribution < -0.4 is 10.6 Å². The van der Waals surface area contributed by atoms with Crippen LogP contribution in [0.4, 0.5) is 10.5 Å². The number of nitrogens with one attached hydrogen (secondary N) is 2. The second-order valence-electron chi connectivity index (χ2n) is 5.92. The number of anilines is 1. The van der Waals surface area contributed by atoms with Crippen LogP contribution in [0.25, 0.3) is 0 Å². The Morgan fingerprint density at radius 1 is 1.48 bits per heavy atom. The highest BCUT2D eigenvalue weighted by Gasteiger charge is 2.34. The predicted molar refractivity (Wildman–Crippen MR) is 91.1 cm³/mol. The highest BCUT2D eigenvalue weighted by molar-refractivity contribution is 5.94. The lowest BCUT2D eigenvalue weighted by Gasteiger charge is -2.34. The average Bonchev–Trinajstić information content (AvgIpc) is 3.01. The summed E-state index contributed by atoms with van der Waals surface area (Å²) in [5, 5.41) is 9.37. The van der Waals surface area contributed by atoms with Crippen molar-refractivity contribution in [1.29, 1.82) is 0 Å². The maximum Gasteiger partial charge on any atom is 0.322 e. The van der Waals surface area contributed by atoms with Gasteiger partial charge in [-0.25, -0.2) is 4.79 Å². The van der Waals surface area contributed by atoms with E-state index < -0.39 is 6.04 Å². The van der Waals surface area contributed by atoms with Crippen molar-refractivity contribution in [3.63, 3.8) is 0 Å². The number of piperazine rings is 1. The Hall–Kier alpha value is -2.90. The summed E-state index contributed by atoms with van der Waals surface area (Å²) >= 11 is 0. The normalized spacial score (nSPS) is 17.3. The van der Waals surface area contributed by atoms with E-state index in [0.717, 1.165) is 12.0 Å². The summed E-state index contributed by atoms with van der Waals surface area (Å²) in [5.74, 6) is 0.614. The number of nitrogens with zero attached hydrogens (tertiary/aromatic N) is 3. The van der Waals surface area contributed by atoms with Crippen LogP contribution in [0.3, 0.4) is 0 Å². The smallest absolute Gasteiger partial charge is 0.322 e. The third kappa shape index (κ3) is 3.96. The minimum Gasteiger partial charge on any atom is -0.353 e. The zero-order chi connectivity index (χ0) is 17.8. The number of rotatable bonds is 4. The molecule has 2 aromatic rings. The van der Waals surface area contributed by atoms with Gasteiger partial charge >= 0.3 is 6.03 Å². The number of hydrogen-bond donors (Lipinski definition) is 2. The molecule has 0 aliphatic carbocycles. The maximum absolute atomic E-state index is 12.7. The molecule has 1 fully saturated rings. The quantitative estimate of drug-likeness (QED) is 0.876. The van der Waals surface area contributed by atoms with Crippen molar-refractivity contribution < 1.29 is 14.1 Å². The molecule has 25 heavy (non-hydrogen) atoms. The number of benzene rings is 1. The molecule has 1 aromatic carbocycles. The molecule has 1 aromatic heterocycles. The molecule has 1 aliphatic rings. The summed E-state index contributed by atoms with van der Waals surface area (Å²) in [6, 6.07) is 6.67. The summed E-state index contributed by atoms with van der Waals surface area (Å²) in [5.41, 5.74) is 1.84. The number of aromatic nitrogens is 2. The average molecular weight is 343 g/mol. The van der Waals surface area contributed by atoms with Gasteiger partial charge in [0.05, 0.1) is 6.42 Å². The molecular weight excluding hydrogens is 322 g/mol. The molecule has 1 saturated heterocycles. The minimum atomic E-state index is -0.678. The number of amides is 3. The molecule has 2 heterocycles. The second-order valence-corrected chi connectivity index (χ2v) is 5.92. The topological polar surface area (TPSA) is 100 Å². The van der Waals surface area contributed by atoms with Crippen molar-refractivity contribution in [2.45, 2.75) is 32.7 Å². The number of aryl methyl sites for hydroxylation is 2. The van der Waals surface area contributed by atoms with Gasteiger partial charge < -0.3 is 20.1 Å². The van der Waals surface area contributed by atoms with Crippen LogP contribution in [-0.2, 0) is 17.6 Å². The van der Waals surface area contributed by atoms with Gasteiger partial charge in [-0.3, -0.25) is 4.79 Å². The zero-order valence-electron chi connectivity index (χ0n) is 14.3. The van der Waals surface area contributed by atoms with E-state index in [4.69, 9.17) is 4.52 Å². The lowest BCUT2D eigenvalue weighted by molar-refractivity contribution is -0.127. The monoisotopic (exact) mass is 343 g/mol. The van der Waals surface area contributed by atoms with E-state index in [-0.39, 0.29) is 18.4 Å². The molecule has 2 N–H and O–H groups in total. The Balaban J connectivity index is 1.74. The molecule has 0 saturated carbocycles. The third-order valence-electron chi connectivity index (χ3n) is 4.12. The molecule has 8 heteroatoms. The number of carbonyl (C=O) groups excluding carboxylic acids is 2. The van der Waals surface area contributed by atoms with Gasteiger partial charge in [0.2, 0.25) is 11.8 Å². The van der Waals surface area contributed by atoms with Crippen molar-refractivity contribution in [2.24, 2.45) is 0 Å². The van der Waals surface area contributed by atoms with Crippen LogP contribution in [0.2, 0.25) is 0 Å². The van der Waals surface area contributed by atoms with E-state index >= 15 is 0 Å². The fourth-order valence-electron chi connectivity index (χ4n) is 2.81. The molecule has 132 valence electrons. The molecular formula is C17H21N5O3. The summed E-state index contributed by atoms with van der Waals surface area (Å²) in [4.78, 5) is 30.6. The van der Waals surface area contributed by atoms with Crippen LogP contribution in [-0.4, -0.2) is 46.1 Å². The van der Waals surface area contributed by atoms with Gasteiger partial charge in [-0.1, -0.05) is 24.2 Å². The summed E-state index contributed by atoms with van der Waals surface area (Å²) < 4.78 is 5.09. The summed E-state index contributed by atoms with van der Waals surface area (Å²) in [6.07, 6.45) is 1.07. The van der Waals surface area contributed by atoms with Gasteiger partial charge in [-0.05, 0) is 31.0 Å². The molecule has 3 amide bonds. The van der Waals surface area contributed by atoms with E-state index in [9.17, 15) is 9.59 Å². The molecule has 0 bridgehead atoms. The van der Waals surface area contributed by atoms with Crippen LogP contribution in [0.5, 0.6) is 0 Å². The lowest BCUT2D eigenvalue weighted by Crippen LogP contribution is -2.59. The van der Waals surface area contributed by atoms with Crippen LogP contribution in [0.1, 0.15) is 24.2 Å². The minimum absolute atomic E-state index is 0.190. The highest BCUT2D eigenvalue weighted by Crippen LogP contribution is 2.16. The predicted octanol–water partition coefficient (Wildman–Crippen LogP) is 1.52. The fourth-order valence-corrected chi connectivity index (χ4v) is 2.81. The van der Waals surface area contributed by atoms with Gasteiger partial charge in [0.25, 0.3) is 0 Å². The lowest BCUT2D eigenvalue weighted by atomic mass is 10.1. The van der Waals surface area contributed by atoms with Gasteiger partial charge in [0.1, 0.15) is 6.04 Å². The Morgan fingerprint density at radius 2 is 2.32 bits per heavy atom. The second kappa shape index (κ2) is 7.33. The Morgan fingerprint density at radius 3 is 3.04 bits per heavy atom. The van der Waals surface area contributed by atoms with Crippen LogP contribution in [0, 0.1) is 6.92 Å². The number of hydrogen-bond acceptors (Lipinski definition) is 5. The number of urea groups is 1. The molecule has 3 rings (SSSR count). The SMILES string of the molecule is CCc1cccc(NC(=O)N2CCNC(=O)C2Cc2nc(C)no2)c1. The molecule has 0 radical (unpaired) electrons. The van der Waals surface area contributed by atoms with Gasteiger partial charge in [0.15, 0.2) is 5.82 Å². The van der Waals surface area contributed by atoms with Crippen molar-refractivity contribution in [1.82, 2.24) is 20.4 Å². The van der Waals surface area contributed by atoms with E-state index in [2.05, 4.69) is 27.7 Å². The first kappa shape index (κ1) is 16.9. The maximum atomic E-state index is 12.7. The van der Waals surface area contributed by atoms with Crippen molar-refractivity contribution in [3.8, 4) is 0 Å². The van der Waals surface area contributed by atoms with Gasteiger partial charge in [-0.15, -0.1) is 0 Å². The van der Waals surface area contributed by atoms with E-state index in [1.165, 1.54) is 4.90 Å². The Labute approximate surface area is 145 Å². The first-order valence-corrected chi connectivity index (χ1v) is 8.30. The summed E-state index contributed by atoms with van der Waals surface area (Å²) in [7, 11) is 0. The van der Waals surface area contributed by atoms with E-state index in [1.54, 1.807) is 6.92 Å². The van der Waals surface area contributed by atoms with Gasteiger partial charge in [-0.2, -0.15) is 4.98 Å². The van der Waals surface area contributed by atoms with Crippen molar-refractivity contribution in [3.05, 3.63) is 41.5 Å². The highest BCUT2D eigenvalue weighted by atomic mass is 16.5. The molecule has 0 spiro atoms. The standard InChI is InChI=1S/C17H21N5O3/c1-3-12-5-4-6-13(9-12)20-17(24)22-8-7-18-16(23)14(22)10-15-19-11(2)21-25-15/h4-6,9,14H,3,7-8,10H2,1-2H3,(H,18,23)(H,20,24).